The molecule has 0 radical (unpaired) electrons. The Labute approximate surface area is 156 Å². The van der Waals surface area contributed by atoms with E-state index >= 15 is 0 Å². The lowest BCUT2D eigenvalue weighted by Gasteiger charge is -2.21. The number of hydrogen-bond acceptors (Lipinski definition) is 7. The van der Waals surface area contributed by atoms with E-state index in [1.165, 1.54) is 0 Å². The van der Waals surface area contributed by atoms with Crippen molar-refractivity contribution in [2.45, 2.75) is 32.4 Å². The van der Waals surface area contributed by atoms with Crippen molar-refractivity contribution < 1.29 is 14.0 Å². The number of fused-ring (bicyclic) bond motifs is 1. The molecule has 8 heteroatoms. The largest absolute Gasteiger partial charge is 0.493 e. The number of benzene rings is 1. The molecule has 3 heterocycles. The molecular formula is C19H22N4O4. The third-order valence-corrected chi connectivity index (χ3v) is 4.99. The van der Waals surface area contributed by atoms with Crippen molar-refractivity contribution >= 4 is 10.9 Å². The maximum absolute atomic E-state index is 12.6. The van der Waals surface area contributed by atoms with Gasteiger partial charge in [-0.25, -0.2) is 0 Å². The van der Waals surface area contributed by atoms with E-state index < -0.39 is 0 Å². The SMILES string of the molecule is COc1cc2cc(CN3CCCC3c3nc(C)no3)c(=O)[nH]c2cc1OC. The molecule has 142 valence electrons. The quantitative estimate of drug-likeness (QED) is 0.738. The Hall–Kier alpha value is -2.87. The first-order chi connectivity index (χ1) is 13.1. The lowest BCUT2D eigenvalue weighted by molar-refractivity contribution is 0.200. The molecule has 1 unspecified atom stereocenters. The van der Waals surface area contributed by atoms with Crippen LogP contribution in [-0.4, -0.2) is 40.8 Å². The molecule has 1 atom stereocenters. The van der Waals surface area contributed by atoms with Crippen molar-refractivity contribution in [2.24, 2.45) is 0 Å². The molecule has 4 rings (SSSR count). The van der Waals surface area contributed by atoms with E-state index in [0.29, 0.717) is 40.8 Å². The van der Waals surface area contributed by atoms with Gasteiger partial charge in [0, 0.05) is 23.6 Å². The number of H-pyrrole nitrogens is 1. The Kier molecular flexibility index (Phi) is 4.57. The highest BCUT2D eigenvalue weighted by Gasteiger charge is 2.31. The summed E-state index contributed by atoms with van der Waals surface area (Å²) < 4.78 is 16.0. The standard InChI is InChI=1S/C19H22N4O4/c1-11-20-19(27-22-11)15-5-4-6-23(15)10-13-7-12-8-16(25-2)17(26-3)9-14(12)21-18(13)24/h7-9,15H,4-6,10H2,1-3H3,(H,21,24). The number of nitrogens with zero attached hydrogens (tertiary/aromatic N) is 3. The monoisotopic (exact) mass is 370 g/mol. The molecule has 2 aromatic heterocycles. The highest BCUT2D eigenvalue weighted by Crippen LogP contribution is 2.33. The van der Waals surface area contributed by atoms with Crippen LogP contribution in [0.3, 0.4) is 0 Å². The molecule has 3 aromatic rings. The maximum atomic E-state index is 12.6. The van der Waals surface area contributed by atoms with E-state index in [0.717, 1.165) is 24.8 Å². The van der Waals surface area contributed by atoms with Gasteiger partial charge in [-0.3, -0.25) is 9.69 Å². The number of aromatic amines is 1. The fourth-order valence-electron chi connectivity index (χ4n) is 3.66. The van der Waals surface area contributed by atoms with Crippen molar-refractivity contribution in [3.63, 3.8) is 0 Å². The number of hydrogen-bond donors (Lipinski definition) is 1. The Morgan fingerprint density at radius 3 is 2.74 bits per heavy atom. The van der Waals surface area contributed by atoms with E-state index in [1.54, 1.807) is 20.3 Å². The summed E-state index contributed by atoms with van der Waals surface area (Å²) in [5, 5.41) is 4.79. The summed E-state index contributed by atoms with van der Waals surface area (Å²) in [5.41, 5.74) is 1.30. The van der Waals surface area contributed by atoms with Crippen molar-refractivity contribution in [1.29, 1.82) is 0 Å². The number of likely N-dealkylation sites (tertiary alicyclic amines) is 1. The number of rotatable bonds is 5. The second-order valence-corrected chi connectivity index (χ2v) is 6.73. The van der Waals surface area contributed by atoms with E-state index in [1.807, 2.05) is 19.1 Å². The van der Waals surface area contributed by atoms with E-state index in [2.05, 4.69) is 20.0 Å². The van der Waals surface area contributed by atoms with Crippen LogP contribution in [0.2, 0.25) is 0 Å². The Balaban J connectivity index is 1.67. The lowest BCUT2D eigenvalue weighted by atomic mass is 10.1. The molecule has 27 heavy (non-hydrogen) atoms. The molecule has 1 fully saturated rings. The second kappa shape index (κ2) is 7.03. The lowest BCUT2D eigenvalue weighted by Crippen LogP contribution is -2.27. The Morgan fingerprint density at radius 2 is 2.04 bits per heavy atom. The van der Waals surface area contributed by atoms with Gasteiger partial charge in [-0.2, -0.15) is 4.98 Å². The van der Waals surface area contributed by atoms with E-state index in [4.69, 9.17) is 14.0 Å². The molecule has 1 aromatic carbocycles. The summed E-state index contributed by atoms with van der Waals surface area (Å²) in [6.07, 6.45) is 1.97. The highest BCUT2D eigenvalue weighted by atomic mass is 16.5. The zero-order valence-corrected chi connectivity index (χ0v) is 15.6. The second-order valence-electron chi connectivity index (χ2n) is 6.73. The van der Waals surface area contributed by atoms with Gasteiger partial charge in [0.1, 0.15) is 0 Å². The molecule has 8 nitrogen and oxygen atoms in total. The summed E-state index contributed by atoms with van der Waals surface area (Å²) >= 11 is 0. The van der Waals surface area contributed by atoms with Crippen molar-refractivity contribution in [1.82, 2.24) is 20.0 Å². The number of aromatic nitrogens is 3. The predicted octanol–water partition coefficient (Wildman–Crippen LogP) is 2.57. The number of methoxy groups -OCH3 is 2. The Bertz CT molecular complexity index is 1030. The number of aryl methyl sites for hydroxylation is 1. The molecule has 1 aliphatic rings. The van der Waals surface area contributed by atoms with Crippen LogP contribution in [0, 0.1) is 6.92 Å². The molecule has 0 bridgehead atoms. The van der Waals surface area contributed by atoms with Gasteiger partial charge in [0.2, 0.25) is 5.89 Å². The van der Waals surface area contributed by atoms with Crippen molar-refractivity contribution in [3.8, 4) is 11.5 Å². The fourth-order valence-corrected chi connectivity index (χ4v) is 3.66. The summed E-state index contributed by atoms with van der Waals surface area (Å²) in [4.78, 5) is 22.1. The van der Waals surface area contributed by atoms with Crippen molar-refractivity contribution in [3.05, 3.63) is 45.8 Å². The first-order valence-electron chi connectivity index (χ1n) is 8.91. The first-order valence-corrected chi connectivity index (χ1v) is 8.91. The molecule has 0 saturated carbocycles. The third-order valence-electron chi connectivity index (χ3n) is 4.99. The predicted molar refractivity (Wildman–Crippen MR) is 99.1 cm³/mol. The molecule has 1 N–H and O–H groups in total. The summed E-state index contributed by atoms with van der Waals surface area (Å²) in [5.74, 6) is 2.46. The van der Waals surface area contributed by atoms with Gasteiger partial charge in [0.25, 0.3) is 5.56 Å². The number of ether oxygens (including phenoxy) is 2. The minimum atomic E-state index is -0.109. The van der Waals surface area contributed by atoms with Gasteiger partial charge < -0.3 is 19.0 Å². The summed E-state index contributed by atoms with van der Waals surface area (Å²) in [6, 6.07) is 5.60. The van der Waals surface area contributed by atoms with Crippen LogP contribution in [0.25, 0.3) is 10.9 Å². The molecule has 0 amide bonds. The molecule has 0 spiro atoms. The van der Waals surface area contributed by atoms with E-state index in [9.17, 15) is 4.79 Å². The summed E-state index contributed by atoms with van der Waals surface area (Å²) in [6.45, 7) is 3.21. The maximum Gasteiger partial charge on any atom is 0.252 e. The van der Waals surface area contributed by atoms with Crippen LogP contribution >= 0.6 is 0 Å². The molecule has 0 aliphatic carbocycles. The number of pyridine rings is 1. The smallest absolute Gasteiger partial charge is 0.252 e. The zero-order valence-electron chi connectivity index (χ0n) is 15.6. The minimum Gasteiger partial charge on any atom is -0.493 e. The first kappa shape index (κ1) is 17.5. The average Bonchev–Trinajstić information content (AvgIpc) is 3.30. The van der Waals surface area contributed by atoms with Crippen LogP contribution in [0.15, 0.2) is 27.5 Å². The van der Waals surface area contributed by atoms with Gasteiger partial charge in [-0.1, -0.05) is 5.16 Å². The normalized spacial score (nSPS) is 17.5. The minimum absolute atomic E-state index is 0.0479. The molecule has 1 saturated heterocycles. The van der Waals surface area contributed by atoms with Gasteiger partial charge in [-0.05, 0) is 38.4 Å². The molecular weight excluding hydrogens is 348 g/mol. The van der Waals surface area contributed by atoms with Crippen LogP contribution < -0.4 is 15.0 Å². The highest BCUT2D eigenvalue weighted by molar-refractivity contribution is 5.83. The summed E-state index contributed by atoms with van der Waals surface area (Å²) in [7, 11) is 3.17. The van der Waals surface area contributed by atoms with Gasteiger partial charge in [0.15, 0.2) is 17.3 Å². The number of nitrogens with one attached hydrogen (secondary N) is 1. The molecule has 1 aliphatic heterocycles. The Morgan fingerprint density at radius 1 is 1.26 bits per heavy atom. The van der Waals surface area contributed by atoms with Crippen molar-refractivity contribution in [2.75, 3.05) is 20.8 Å². The zero-order chi connectivity index (χ0) is 19.0. The topological polar surface area (TPSA) is 93.5 Å². The van der Waals surface area contributed by atoms with Crippen LogP contribution in [0.5, 0.6) is 11.5 Å². The van der Waals surface area contributed by atoms with Crippen LogP contribution in [0.1, 0.15) is 36.2 Å². The third kappa shape index (κ3) is 3.28. The van der Waals surface area contributed by atoms with E-state index in [-0.39, 0.29) is 11.6 Å². The van der Waals surface area contributed by atoms with Gasteiger partial charge in [-0.15, -0.1) is 0 Å². The average molecular weight is 370 g/mol. The van der Waals surface area contributed by atoms with Crippen LogP contribution in [0.4, 0.5) is 0 Å². The fraction of sp³-hybridized carbons (Fsp3) is 0.421. The van der Waals surface area contributed by atoms with Gasteiger partial charge in [0.05, 0.1) is 25.8 Å². The van der Waals surface area contributed by atoms with Crippen LogP contribution in [-0.2, 0) is 6.54 Å². The van der Waals surface area contributed by atoms with Gasteiger partial charge >= 0.3 is 0 Å².